The van der Waals surface area contributed by atoms with E-state index in [4.69, 9.17) is 4.74 Å². The van der Waals surface area contributed by atoms with Gasteiger partial charge in [0, 0.05) is 37.9 Å². The van der Waals surface area contributed by atoms with E-state index in [1.165, 1.54) is 25.7 Å². The predicted molar refractivity (Wildman–Crippen MR) is 118 cm³/mol. The molecule has 6 nitrogen and oxygen atoms in total. The Labute approximate surface area is 176 Å². The number of benzene rings is 1. The zero-order valence-electron chi connectivity index (χ0n) is 17.5. The van der Waals surface area contributed by atoms with Crippen LogP contribution < -0.4 is 10.3 Å². The third-order valence-corrected chi connectivity index (χ3v) is 6.57. The number of pyridine rings is 1. The molecule has 0 unspecified atom stereocenters. The quantitative estimate of drug-likeness (QED) is 0.662. The zero-order chi connectivity index (χ0) is 20.5. The van der Waals surface area contributed by atoms with E-state index < -0.39 is 0 Å². The summed E-state index contributed by atoms with van der Waals surface area (Å²) in [5.74, 6) is 1.52. The van der Waals surface area contributed by atoms with E-state index in [0.717, 1.165) is 43.3 Å². The first kappa shape index (κ1) is 19.2. The van der Waals surface area contributed by atoms with Crippen LogP contribution in [0, 0.1) is 0 Å². The van der Waals surface area contributed by atoms with Crippen LogP contribution in [0.2, 0.25) is 0 Å². The standard InChI is InChI=1S/C24H28N4O2/c1-27-23(26-21-7-4-14-25-22(21)24(27)29)17-8-10-19(11-9-17)30-20-12-15-28(16-13-20)18-5-2-3-6-18/h4,7-11,14,18,20H,2-3,5-6,12-13,15-16H2,1H3. The third kappa shape index (κ3) is 3.72. The molecule has 0 atom stereocenters. The van der Waals surface area contributed by atoms with E-state index in [1.807, 2.05) is 30.3 Å². The molecule has 2 fully saturated rings. The van der Waals surface area contributed by atoms with Crippen LogP contribution in [0.3, 0.4) is 0 Å². The van der Waals surface area contributed by atoms with Gasteiger partial charge in [0.1, 0.15) is 17.7 Å². The van der Waals surface area contributed by atoms with Crippen LogP contribution in [0.15, 0.2) is 47.4 Å². The van der Waals surface area contributed by atoms with Gasteiger partial charge in [-0.05, 0) is 62.1 Å². The molecule has 5 rings (SSSR count). The van der Waals surface area contributed by atoms with Gasteiger partial charge >= 0.3 is 0 Å². The van der Waals surface area contributed by atoms with Crippen molar-refractivity contribution in [3.63, 3.8) is 0 Å². The number of aromatic nitrogens is 3. The molecule has 6 heteroatoms. The molecule has 30 heavy (non-hydrogen) atoms. The topological polar surface area (TPSA) is 60.2 Å². The van der Waals surface area contributed by atoms with Crippen molar-refractivity contribution in [3.8, 4) is 17.1 Å². The maximum absolute atomic E-state index is 12.6. The Morgan fingerprint density at radius 3 is 2.47 bits per heavy atom. The highest BCUT2D eigenvalue weighted by Crippen LogP contribution is 2.28. The fraction of sp³-hybridized carbons (Fsp3) is 0.458. The predicted octanol–water partition coefficient (Wildman–Crippen LogP) is 3.78. The molecule has 0 radical (unpaired) electrons. The van der Waals surface area contributed by atoms with E-state index in [9.17, 15) is 4.79 Å². The highest BCUT2D eigenvalue weighted by molar-refractivity contribution is 5.75. The Kier molecular flexibility index (Phi) is 5.25. The monoisotopic (exact) mass is 404 g/mol. The van der Waals surface area contributed by atoms with Crippen molar-refractivity contribution in [1.29, 1.82) is 0 Å². The minimum atomic E-state index is -0.134. The van der Waals surface area contributed by atoms with Gasteiger partial charge in [0.25, 0.3) is 5.56 Å². The molecule has 1 saturated carbocycles. The lowest BCUT2D eigenvalue weighted by atomic mass is 10.0. The number of likely N-dealkylation sites (tertiary alicyclic amines) is 1. The number of fused-ring (bicyclic) bond motifs is 1. The molecule has 0 N–H and O–H groups in total. The maximum Gasteiger partial charge on any atom is 0.280 e. The normalized spacial score (nSPS) is 18.8. The second-order valence-electron chi connectivity index (χ2n) is 8.49. The average molecular weight is 405 g/mol. The largest absolute Gasteiger partial charge is 0.490 e. The van der Waals surface area contributed by atoms with Gasteiger partial charge in [0.05, 0.1) is 5.52 Å². The number of hydrogen-bond acceptors (Lipinski definition) is 5. The molecular weight excluding hydrogens is 376 g/mol. The minimum absolute atomic E-state index is 0.134. The van der Waals surface area contributed by atoms with Crippen molar-refractivity contribution in [1.82, 2.24) is 19.4 Å². The van der Waals surface area contributed by atoms with E-state index in [2.05, 4.69) is 14.9 Å². The minimum Gasteiger partial charge on any atom is -0.490 e. The summed E-state index contributed by atoms with van der Waals surface area (Å²) >= 11 is 0. The molecule has 1 saturated heterocycles. The third-order valence-electron chi connectivity index (χ3n) is 6.57. The highest BCUT2D eigenvalue weighted by Gasteiger charge is 2.27. The molecule has 1 aromatic carbocycles. The van der Waals surface area contributed by atoms with Gasteiger partial charge in [-0.15, -0.1) is 0 Å². The summed E-state index contributed by atoms with van der Waals surface area (Å²) < 4.78 is 7.82. The van der Waals surface area contributed by atoms with E-state index in [1.54, 1.807) is 23.9 Å². The Hall–Kier alpha value is -2.73. The van der Waals surface area contributed by atoms with Crippen LogP contribution in [-0.2, 0) is 7.05 Å². The molecule has 2 aliphatic rings. The molecule has 3 heterocycles. The van der Waals surface area contributed by atoms with Crippen molar-refractivity contribution in [2.45, 2.75) is 50.7 Å². The second-order valence-corrected chi connectivity index (χ2v) is 8.49. The number of piperidine rings is 1. The Balaban J connectivity index is 1.28. The maximum atomic E-state index is 12.6. The molecule has 1 aliphatic carbocycles. The van der Waals surface area contributed by atoms with E-state index >= 15 is 0 Å². The summed E-state index contributed by atoms with van der Waals surface area (Å²) in [6.07, 6.45) is 9.60. The van der Waals surface area contributed by atoms with Crippen LogP contribution in [0.4, 0.5) is 0 Å². The Morgan fingerprint density at radius 1 is 1.00 bits per heavy atom. The summed E-state index contributed by atoms with van der Waals surface area (Å²) in [5, 5.41) is 0. The van der Waals surface area contributed by atoms with Crippen molar-refractivity contribution in [2.24, 2.45) is 7.05 Å². The number of rotatable bonds is 4. The van der Waals surface area contributed by atoms with Crippen molar-refractivity contribution in [3.05, 3.63) is 52.9 Å². The molecule has 156 valence electrons. The molecule has 1 aliphatic heterocycles. The first-order chi connectivity index (χ1) is 14.7. The van der Waals surface area contributed by atoms with Crippen molar-refractivity contribution < 1.29 is 4.74 Å². The summed E-state index contributed by atoms with van der Waals surface area (Å²) in [6.45, 7) is 2.29. The van der Waals surface area contributed by atoms with E-state index in [0.29, 0.717) is 16.9 Å². The van der Waals surface area contributed by atoms with Crippen molar-refractivity contribution in [2.75, 3.05) is 13.1 Å². The summed E-state index contributed by atoms with van der Waals surface area (Å²) in [7, 11) is 1.74. The van der Waals surface area contributed by atoms with E-state index in [-0.39, 0.29) is 11.7 Å². The van der Waals surface area contributed by atoms with Crippen LogP contribution in [0.1, 0.15) is 38.5 Å². The fourth-order valence-corrected chi connectivity index (χ4v) is 4.86. The molecule has 0 spiro atoms. The van der Waals surface area contributed by atoms with Crippen LogP contribution in [-0.4, -0.2) is 44.7 Å². The van der Waals surface area contributed by atoms with Crippen LogP contribution in [0.5, 0.6) is 5.75 Å². The Morgan fingerprint density at radius 2 is 1.73 bits per heavy atom. The molecular formula is C24H28N4O2. The lowest BCUT2D eigenvalue weighted by Gasteiger charge is -2.36. The highest BCUT2D eigenvalue weighted by atomic mass is 16.5. The van der Waals surface area contributed by atoms with Gasteiger partial charge in [-0.25, -0.2) is 9.97 Å². The summed E-state index contributed by atoms with van der Waals surface area (Å²) in [6, 6.07) is 12.4. The van der Waals surface area contributed by atoms with Crippen LogP contribution >= 0.6 is 0 Å². The first-order valence-corrected chi connectivity index (χ1v) is 11.0. The van der Waals surface area contributed by atoms with Gasteiger partial charge in [-0.3, -0.25) is 9.36 Å². The number of nitrogens with zero attached hydrogens (tertiary/aromatic N) is 4. The van der Waals surface area contributed by atoms with Gasteiger partial charge in [0.15, 0.2) is 5.52 Å². The molecule has 3 aromatic rings. The van der Waals surface area contributed by atoms with Gasteiger partial charge < -0.3 is 9.64 Å². The van der Waals surface area contributed by atoms with Gasteiger partial charge in [-0.1, -0.05) is 12.8 Å². The van der Waals surface area contributed by atoms with Gasteiger partial charge in [-0.2, -0.15) is 0 Å². The second kappa shape index (κ2) is 8.19. The zero-order valence-corrected chi connectivity index (χ0v) is 17.5. The lowest BCUT2D eigenvalue weighted by molar-refractivity contribution is 0.0768. The van der Waals surface area contributed by atoms with Crippen LogP contribution in [0.25, 0.3) is 22.4 Å². The Bertz CT molecular complexity index is 1080. The molecule has 0 amide bonds. The lowest BCUT2D eigenvalue weighted by Crippen LogP contribution is -2.43. The fourth-order valence-electron chi connectivity index (χ4n) is 4.86. The van der Waals surface area contributed by atoms with Crippen molar-refractivity contribution >= 4 is 11.0 Å². The summed E-state index contributed by atoms with van der Waals surface area (Å²) in [4.78, 5) is 24.1. The molecule has 2 aromatic heterocycles. The smallest absolute Gasteiger partial charge is 0.280 e. The molecule has 0 bridgehead atoms. The van der Waals surface area contributed by atoms with Gasteiger partial charge in [0.2, 0.25) is 0 Å². The number of hydrogen-bond donors (Lipinski definition) is 0. The number of ether oxygens (including phenoxy) is 1. The average Bonchev–Trinajstić information content (AvgIpc) is 3.32. The summed E-state index contributed by atoms with van der Waals surface area (Å²) in [5.41, 5.74) is 1.77. The SMILES string of the molecule is Cn1c(-c2ccc(OC3CCN(C4CCCC4)CC3)cc2)nc2cccnc2c1=O. The first-order valence-electron chi connectivity index (χ1n) is 11.0.